The van der Waals surface area contributed by atoms with Crippen molar-refractivity contribution in [2.75, 3.05) is 0 Å². The zero-order valence-electron chi connectivity index (χ0n) is 4.26. The van der Waals surface area contributed by atoms with Crippen LogP contribution < -0.4 is 23.0 Å². The van der Waals surface area contributed by atoms with Gasteiger partial charge in [0.2, 0.25) is 0 Å². The smallest absolute Gasteiger partial charge is 0.114 e. The molecule has 0 saturated heterocycles. The first kappa shape index (κ1) is 9.93. The van der Waals surface area contributed by atoms with Gasteiger partial charge in [0.05, 0.1) is 0 Å². The highest BCUT2D eigenvalue weighted by Gasteiger charge is 1.78. The third-order valence-corrected chi connectivity index (χ3v) is 0.241. The van der Waals surface area contributed by atoms with Crippen LogP contribution in [0.1, 0.15) is 6.92 Å². The van der Waals surface area contributed by atoms with E-state index in [1.165, 1.54) is 0 Å². The van der Waals surface area contributed by atoms with E-state index in [0.717, 1.165) is 0 Å². The number of hydrogen-bond donors (Lipinski definition) is 5. The fraction of sp³-hybridized carbons (Fsp3) is 1.00. The van der Waals surface area contributed by atoms with E-state index in [1.807, 2.05) is 0 Å². The predicted molar refractivity (Wildman–Crippen MR) is 27.4 cm³/mol. The Morgan fingerprint density at radius 2 is 1.71 bits per heavy atom. The predicted octanol–water partition coefficient (Wildman–Crippen LogP) is -2.39. The number of nitrogens with two attached hydrogens (primary N) is 3. The molecular weight excluding hydrogens is 96.0 g/mol. The van der Waals surface area contributed by atoms with Crippen LogP contribution in [0.2, 0.25) is 0 Å². The molecule has 0 aromatic carbocycles. The van der Waals surface area contributed by atoms with Gasteiger partial charge in [-0.15, -0.1) is 0 Å². The molecule has 5 nitrogen and oxygen atoms in total. The Kier molecular flexibility index (Phi) is 13.1. The molecule has 0 radical (unpaired) electrons. The first-order valence-corrected chi connectivity index (χ1v) is 1.75. The van der Waals surface area contributed by atoms with Crippen molar-refractivity contribution in [3.63, 3.8) is 0 Å². The second-order valence-corrected chi connectivity index (χ2v) is 0.843. The van der Waals surface area contributed by atoms with Gasteiger partial charge >= 0.3 is 0 Å². The van der Waals surface area contributed by atoms with Crippen molar-refractivity contribution in [2.24, 2.45) is 17.5 Å². The summed E-state index contributed by atoms with van der Waals surface area (Å²) in [6, 6.07) is 0. The quantitative estimate of drug-likeness (QED) is 0.146. The van der Waals surface area contributed by atoms with E-state index in [1.54, 1.807) is 6.92 Å². The number of rotatable bonds is 1. The standard InChI is InChI=1S/C2H8N2O.H4N2/c1-2(5)4-3;1-2/h2,4-5H,3H2,1H3;1-2H2. The largest absolute Gasteiger partial charge is 0.378 e. The summed E-state index contributed by atoms with van der Waals surface area (Å²) in [5.74, 6) is 12.7. The Hall–Kier alpha value is -0.200. The highest BCUT2D eigenvalue weighted by molar-refractivity contribution is 4.24. The summed E-state index contributed by atoms with van der Waals surface area (Å²) in [5, 5.41) is 8.12. The van der Waals surface area contributed by atoms with Crippen molar-refractivity contribution in [2.45, 2.75) is 13.2 Å². The lowest BCUT2D eigenvalue weighted by Gasteiger charge is -1.94. The van der Waals surface area contributed by atoms with Gasteiger partial charge < -0.3 is 5.11 Å². The van der Waals surface area contributed by atoms with Crippen LogP contribution in [0.25, 0.3) is 0 Å². The van der Waals surface area contributed by atoms with E-state index in [9.17, 15) is 0 Å². The van der Waals surface area contributed by atoms with E-state index in [2.05, 4.69) is 23.0 Å². The molecule has 0 aromatic heterocycles. The molecular formula is C2H12N4O. The van der Waals surface area contributed by atoms with Gasteiger partial charge in [-0.2, -0.15) is 0 Å². The molecule has 7 heavy (non-hydrogen) atoms. The van der Waals surface area contributed by atoms with Crippen LogP contribution in [0.4, 0.5) is 0 Å². The van der Waals surface area contributed by atoms with Crippen LogP contribution in [-0.2, 0) is 0 Å². The fourth-order valence-corrected chi connectivity index (χ4v) is 0. The van der Waals surface area contributed by atoms with E-state index < -0.39 is 6.23 Å². The molecule has 0 amide bonds. The SMILES string of the molecule is CC(O)NN.NN. The number of hydrazine groups is 2. The molecule has 0 aliphatic carbocycles. The molecule has 8 N–H and O–H groups in total. The molecule has 0 saturated carbocycles. The fourth-order valence-electron chi connectivity index (χ4n) is 0. The summed E-state index contributed by atoms with van der Waals surface area (Å²) in [7, 11) is 0. The van der Waals surface area contributed by atoms with Crippen LogP contribution in [0.5, 0.6) is 0 Å². The summed E-state index contributed by atoms with van der Waals surface area (Å²) in [4.78, 5) is 0. The van der Waals surface area contributed by atoms with Gasteiger partial charge in [0.1, 0.15) is 6.23 Å². The number of aliphatic hydroxyl groups is 1. The van der Waals surface area contributed by atoms with Gasteiger partial charge in [0.15, 0.2) is 0 Å². The highest BCUT2D eigenvalue weighted by Crippen LogP contribution is 1.57. The maximum absolute atomic E-state index is 8.12. The number of nitrogens with one attached hydrogen (secondary N) is 1. The second kappa shape index (κ2) is 9.25. The van der Waals surface area contributed by atoms with E-state index in [4.69, 9.17) is 5.11 Å². The minimum atomic E-state index is -0.588. The Balaban J connectivity index is 0. The van der Waals surface area contributed by atoms with Crippen molar-refractivity contribution in [1.29, 1.82) is 0 Å². The summed E-state index contributed by atoms with van der Waals surface area (Å²) in [5.41, 5.74) is 2.08. The van der Waals surface area contributed by atoms with Gasteiger partial charge in [-0.05, 0) is 6.92 Å². The van der Waals surface area contributed by atoms with E-state index in [-0.39, 0.29) is 0 Å². The van der Waals surface area contributed by atoms with Crippen LogP contribution in [0, 0.1) is 0 Å². The maximum Gasteiger partial charge on any atom is 0.114 e. The molecule has 0 heterocycles. The van der Waals surface area contributed by atoms with Gasteiger partial charge in [-0.1, -0.05) is 0 Å². The first-order valence-electron chi connectivity index (χ1n) is 1.75. The molecule has 0 aliphatic heterocycles. The van der Waals surface area contributed by atoms with Crippen molar-refractivity contribution in [1.82, 2.24) is 5.43 Å². The molecule has 0 rings (SSSR count). The molecule has 46 valence electrons. The van der Waals surface area contributed by atoms with Gasteiger partial charge in [-0.25, -0.2) is 5.43 Å². The molecule has 1 atom stereocenters. The average Bonchev–Trinajstić information content (AvgIpc) is 1.73. The van der Waals surface area contributed by atoms with Crippen LogP contribution >= 0.6 is 0 Å². The molecule has 0 aliphatic rings. The third-order valence-electron chi connectivity index (χ3n) is 0.241. The normalized spacial score (nSPS) is 11.6. The van der Waals surface area contributed by atoms with Crippen molar-refractivity contribution in [3.8, 4) is 0 Å². The summed E-state index contributed by atoms with van der Waals surface area (Å²) < 4.78 is 0. The summed E-state index contributed by atoms with van der Waals surface area (Å²) in [6.45, 7) is 1.54. The Labute approximate surface area is 42.4 Å². The monoisotopic (exact) mass is 108 g/mol. The zero-order valence-corrected chi connectivity index (χ0v) is 4.26. The second-order valence-electron chi connectivity index (χ2n) is 0.843. The minimum Gasteiger partial charge on any atom is -0.378 e. The highest BCUT2D eigenvalue weighted by atomic mass is 16.3. The van der Waals surface area contributed by atoms with Gasteiger partial charge in [0.25, 0.3) is 0 Å². The number of hydrogen-bond acceptors (Lipinski definition) is 5. The third kappa shape index (κ3) is 25.8. The molecule has 1 unspecified atom stereocenters. The lowest BCUT2D eigenvalue weighted by atomic mass is 10.7. The molecule has 0 fully saturated rings. The van der Waals surface area contributed by atoms with E-state index in [0.29, 0.717) is 0 Å². The molecule has 0 spiro atoms. The lowest BCUT2D eigenvalue weighted by Crippen LogP contribution is -2.31. The summed E-state index contributed by atoms with van der Waals surface area (Å²) >= 11 is 0. The van der Waals surface area contributed by atoms with Crippen molar-refractivity contribution in [3.05, 3.63) is 0 Å². The Bertz CT molecular complexity index is 23.7. The van der Waals surface area contributed by atoms with Crippen molar-refractivity contribution < 1.29 is 5.11 Å². The van der Waals surface area contributed by atoms with Crippen LogP contribution in [0.15, 0.2) is 0 Å². The summed E-state index contributed by atoms with van der Waals surface area (Å²) in [6.07, 6.45) is -0.588. The van der Waals surface area contributed by atoms with Crippen LogP contribution in [-0.4, -0.2) is 11.3 Å². The topological polar surface area (TPSA) is 110 Å². The lowest BCUT2D eigenvalue weighted by molar-refractivity contribution is 0.158. The maximum atomic E-state index is 8.12. The average molecular weight is 108 g/mol. The number of aliphatic hydroxyl groups excluding tert-OH is 1. The van der Waals surface area contributed by atoms with E-state index >= 15 is 0 Å². The molecule has 0 bridgehead atoms. The zero-order chi connectivity index (χ0) is 6.28. The molecule has 5 heteroatoms. The van der Waals surface area contributed by atoms with Gasteiger partial charge in [-0.3, -0.25) is 17.5 Å². The molecule has 0 aromatic rings. The Morgan fingerprint density at radius 3 is 1.71 bits per heavy atom. The van der Waals surface area contributed by atoms with Crippen LogP contribution in [0.3, 0.4) is 0 Å². The first-order chi connectivity index (χ1) is 3.27. The minimum absolute atomic E-state index is 0.588. The van der Waals surface area contributed by atoms with Gasteiger partial charge in [0, 0.05) is 0 Å². The Morgan fingerprint density at radius 1 is 1.57 bits per heavy atom. The van der Waals surface area contributed by atoms with Crippen molar-refractivity contribution >= 4 is 0 Å².